The van der Waals surface area contributed by atoms with Crippen LogP contribution in [-0.2, 0) is 22.0 Å². The molecule has 0 saturated heterocycles. The van der Waals surface area contributed by atoms with Crippen molar-refractivity contribution < 1.29 is 26.0 Å². The van der Waals surface area contributed by atoms with Crippen molar-refractivity contribution in [1.82, 2.24) is 9.62 Å². The van der Waals surface area contributed by atoms with Crippen LogP contribution in [-0.4, -0.2) is 34.0 Å². The van der Waals surface area contributed by atoms with Gasteiger partial charge in [-0.1, -0.05) is 30.3 Å². The molecule has 29 heavy (non-hydrogen) atoms. The first-order chi connectivity index (χ1) is 13.5. The van der Waals surface area contributed by atoms with Crippen molar-refractivity contribution >= 4 is 21.0 Å². The summed E-state index contributed by atoms with van der Waals surface area (Å²) in [7, 11) is -0.134. The lowest BCUT2D eigenvalue weighted by atomic mass is 10.1. The van der Waals surface area contributed by atoms with Crippen LogP contribution in [0.2, 0.25) is 0 Å². The second-order valence-corrected chi connectivity index (χ2v) is 8.78. The molecule has 0 spiro atoms. The molecule has 156 valence electrons. The van der Waals surface area contributed by atoms with Gasteiger partial charge in [-0.15, -0.1) is 0 Å². The summed E-state index contributed by atoms with van der Waals surface area (Å²) in [6, 6.07) is 13.1. The molecule has 1 N–H and O–H groups in total. The summed E-state index contributed by atoms with van der Waals surface area (Å²) in [4.78, 5) is 1.83. The summed E-state index contributed by atoms with van der Waals surface area (Å²) in [6.45, 7) is 0.0653. The first-order valence-electron chi connectivity index (χ1n) is 8.83. The molecule has 0 saturated carbocycles. The molecule has 0 amide bonds. The van der Waals surface area contributed by atoms with Gasteiger partial charge in [0, 0.05) is 11.9 Å². The monoisotopic (exact) mass is 426 g/mol. The van der Waals surface area contributed by atoms with Crippen LogP contribution in [0, 0.1) is 0 Å². The molecular weight excluding hydrogens is 405 g/mol. The van der Waals surface area contributed by atoms with Gasteiger partial charge in [-0.2, -0.15) is 13.2 Å². The molecule has 3 rings (SSSR count). The fourth-order valence-electron chi connectivity index (χ4n) is 2.97. The smallest absolute Gasteiger partial charge is 0.416 e. The number of nitrogens with zero attached hydrogens (tertiary/aromatic N) is 1. The van der Waals surface area contributed by atoms with Crippen LogP contribution >= 0.6 is 0 Å². The molecular formula is C20H21F3N2O3S. The zero-order valence-corrected chi connectivity index (χ0v) is 16.7. The van der Waals surface area contributed by atoms with Gasteiger partial charge in [0.1, 0.15) is 11.3 Å². The van der Waals surface area contributed by atoms with Crippen molar-refractivity contribution in [1.29, 1.82) is 0 Å². The van der Waals surface area contributed by atoms with Crippen LogP contribution in [0.5, 0.6) is 0 Å². The van der Waals surface area contributed by atoms with Crippen LogP contribution < -0.4 is 4.72 Å². The van der Waals surface area contributed by atoms with E-state index in [1.807, 2.05) is 49.3 Å². The average Bonchev–Trinajstić information content (AvgIpc) is 3.04. The summed E-state index contributed by atoms with van der Waals surface area (Å²) >= 11 is 0. The van der Waals surface area contributed by atoms with E-state index in [9.17, 15) is 21.6 Å². The highest BCUT2D eigenvalue weighted by molar-refractivity contribution is 7.88. The molecule has 3 aromatic rings. The van der Waals surface area contributed by atoms with E-state index in [0.717, 1.165) is 17.5 Å². The number of likely N-dealkylation sites (N-methyl/N-ethyl adjacent to an activating group) is 1. The third kappa shape index (κ3) is 5.37. The highest BCUT2D eigenvalue weighted by atomic mass is 32.2. The van der Waals surface area contributed by atoms with Gasteiger partial charge in [0.05, 0.1) is 17.4 Å². The molecule has 0 aliphatic carbocycles. The number of furan rings is 1. The standard InChI is InChI=1S/C20H21F3N2O3S/c1-25(2)17(19-11-15-5-3-4-6-18(15)28-19)12-24-29(26,27)13-14-7-9-16(10-8-14)20(21,22)23/h3-11,17,24H,12-13H2,1-2H3. The minimum absolute atomic E-state index is 0.0653. The lowest BCUT2D eigenvalue weighted by Gasteiger charge is -2.22. The summed E-state index contributed by atoms with van der Waals surface area (Å²) < 4.78 is 71.1. The number of hydrogen-bond donors (Lipinski definition) is 1. The van der Waals surface area contributed by atoms with Crippen LogP contribution in [0.1, 0.15) is 22.9 Å². The normalized spacial score (nSPS) is 13.9. The molecule has 1 atom stereocenters. The van der Waals surface area contributed by atoms with Crippen molar-refractivity contribution in [3.8, 4) is 0 Å². The Hall–Kier alpha value is -2.36. The summed E-state index contributed by atoms with van der Waals surface area (Å²) in [6.07, 6.45) is -4.46. The van der Waals surface area contributed by atoms with E-state index >= 15 is 0 Å². The Labute approximate surface area is 167 Å². The van der Waals surface area contributed by atoms with Gasteiger partial charge in [-0.25, -0.2) is 13.1 Å². The van der Waals surface area contributed by atoms with Crippen molar-refractivity contribution in [2.45, 2.75) is 18.0 Å². The number of nitrogens with one attached hydrogen (secondary N) is 1. The van der Waals surface area contributed by atoms with Crippen molar-refractivity contribution in [2.75, 3.05) is 20.6 Å². The molecule has 1 heterocycles. The first kappa shape index (κ1) is 21.4. The zero-order valence-electron chi connectivity index (χ0n) is 15.9. The minimum Gasteiger partial charge on any atom is -0.459 e. The molecule has 0 bridgehead atoms. The number of fused-ring (bicyclic) bond motifs is 1. The Balaban J connectivity index is 1.70. The third-order valence-corrected chi connectivity index (χ3v) is 5.85. The van der Waals surface area contributed by atoms with Crippen molar-refractivity contribution in [3.63, 3.8) is 0 Å². The Morgan fingerprint density at radius 2 is 1.72 bits per heavy atom. The minimum atomic E-state index is -4.46. The molecule has 0 aliphatic rings. The number of para-hydroxylation sites is 1. The van der Waals surface area contributed by atoms with Crippen LogP contribution in [0.25, 0.3) is 11.0 Å². The quantitative estimate of drug-likeness (QED) is 0.616. The van der Waals surface area contributed by atoms with Crippen molar-refractivity contribution in [2.24, 2.45) is 0 Å². The second-order valence-electron chi connectivity index (χ2n) is 6.97. The highest BCUT2D eigenvalue weighted by Crippen LogP contribution is 2.29. The highest BCUT2D eigenvalue weighted by Gasteiger charge is 2.30. The zero-order chi connectivity index (χ0) is 21.2. The summed E-state index contributed by atoms with van der Waals surface area (Å²) in [5.74, 6) is 0.208. The molecule has 0 aliphatic heterocycles. The number of sulfonamides is 1. The maximum atomic E-state index is 12.6. The summed E-state index contributed by atoms with van der Waals surface area (Å²) in [5.41, 5.74) is 0.168. The Morgan fingerprint density at radius 1 is 1.07 bits per heavy atom. The SMILES string of the molecule is CN(C)C(CNS(=O)(=O)Cc1ccc(C(F)(F)F)cc1)c1cc2ccccc2o1. The Morgan fingerprint density at radius 3 is 2.31 bits per heavy atom. The van der Waals surface area contributed by atoms with E-state index in [-0.39, 0.29) is 18.2 Å². The number of halogens is 3. The first-order valence-corrected chi connectivity index (χ1v) is 10.5. The predicted octanol–water partition coefficient (Wildman–Crippen LogP) is 4.17. The number of alkyl halides is 3. The lowest BCUT2D eigenvalue weighted by molar-refractivity contribution is -0.137. The van der Waals surface area contributed by atoms with Gasteiger partial charge >= 0.3 is 6.18 Å². The van der Waals surface area contributed by atoms with E-state index in [2.05, 4.69) is 4.72 Å². The van der Waals surface area contributed by atoms with Gasteiger partial charge in [0.25, 0.3) is 0 Å². The Kier molecular flexibility index (Phi) is 6.02. The van der Waals surface area contributed by atoms with Crippen LogP contribution in [0.15, 0.2) is 59.0 Å². The number of benzene rings is 2. The van der Waals surface area contributed by atoms with E-state index in [4.69, 9.17) is 4.42 Å². The van der Waals surface area contributed by atoms with Gasteiger partial charge in [0.2, 0.25) is 10.0 Å². The number of hydrogen-bond acceptors (Lipinski definition) is 4. The van der Waals surface area contributed by atoms with E-state index in [1.165, 1.54) is 12.1 Å². The average molecular weight is 426 g/mol. The number of rotatable bonds is 7. The molecule has 1 unspecified atom stereocenters. The van der Waals surface area contributed by atoms with Gasteiger partial charge in [0.15, 0.2) is 0 Å². The largest absolute Gasteiger partial charge is 0.459 e. The molecule has 2 aromatic carbocycles. The molecule has 0 fully saturated rings. The summed E-state index contributed by atoms with van der Waals surface area (Å²) in [5, 5.41) is 0.918. The topological polar surface area (TPSA) is 62.6 Å². The van der Waals surface area contributed by atoms with E-state index in [1.54, 1.807) is 0 Å². The Bertz CT molecular complexity index is 1040. The second kappa shape index (κ2) is 8.17. The predicted molar refractivity (Wildman–Crippen MR) is 105 cm³/mol. The van der Waals surface area contributed by atoms with E-state index in [0.29, 0.717) is 11.3 Å². The van der Waals surface area contributed by atoms with Crippen LogP contribution in [0.3, 0.4) is 0 Å². The van der Waals surface area contributed by atoms with E-state index < -0.39 is 27.5 Å². The molecule has 9 heteroatoms. The van der Waals surface area contributed by atoms with Crippen LogP contribution in [0.4, 0.5) is 13.2 Å². The molecule has 0 radical (unpaired) electrons. The van der Waals surface area contributed by atoms with Crippen molar-refractivity contribution in [3.05, 3.63) is 71.5 Å². The maximum absolute atomic E-state index is 12.6. The van der Waals surface area contributed by atoms with Gasteiger partial charge < -0.3 is 4.42 Å². The van der Waals surface area contributed by atoms with Gasteiger partial charge in [-0.3, -0.25) is 4.90 Å². The lowest BCUT2D eigenvalue weighted by Crippen LogP contribution is -2.35. The fraction of sp³-hybridized carbons (Fsp3) is 0.300. The third-order valence-electron chi connectivity index (χ3n) is 4.53. The van der Waals surface area contributed by atoms with Gasteiger partial charge in [-0.05, 0) is 43.9 Å². The molecule has 5 nitrogen and oxygen atoms in total. The molecule has 1 aromatic heterocycles. The maximum Gasteiger partial charge on any atom is 0.416 e. The fourth-order valence-corrected chi connectivity index (χ4v) is 4.12.